The number of phenols is 2. The molecule has 82 valence electrons. The first-order valence-electron chi connectivity index (χ1n) is 4.61. The van der Waals surface area contributed by atoms with Gasteiger partial charge >= 0.3 is 0 Å². The summed E-state index contributed by atoms with van der Waals surface area (Å²) in [7, 11) is 0. The summed E-state index contributed by atoms with van der Waals surface area (Å²) in [5, 5.41) is 18.9. The van der Waals surface area contributed by atoms with Crippen molar-refractivity contribution in [1.29, 1.82) is 0 Å². The lowest BCUT2D eigenvalue weighted by Gasteiger charge is -2.13. The molecule has 4 N–H and O–H groups in total. The molecule has 5 heteroatoms. The fraction of sp³-hybridized carbons (Fsp3) is 0.400. The molecule has 0 saturated heterocycles. The molecule has 0 spiro atoms. The molecule has 0 bridgehead atoms. The molecule has 0 atom stereocenters. The van der Waals surface area contributed by atoms with Crippen molar-refractivity contribution >= 4 is 15.9 Å². The van der Waals surface area contributed by atoms with Crippen molar-refractivity contribution in [3.63, 3.8) is 0 Å². The van der Waals surface area contributed by atoms with E-state index in [0.717, 1.165) is 18.9 Å². The van der Waals surface area contributed by atoms with Crippen LogP contribution >= 0.6 is 15.9 Å². The highest BCUT2D eigenvalue weighted by atomic mass is 79.9. The van der Waals surface area contributed by atoms with E-state index in [0.29, 0.717) is 0 Å². The summed E-state index contributed by atoms with van der Waals surface area (Å²) in [5.74, 6) is -1.29. The Labute approximate surface area is 94.8 Å². The van der Waals surface area contributed by atoms with Gasteiger partial charge in [-0.05, 0) is 35.2 Å². The zero-order valence-electron chi connectivity index (χ0n) is 7.93. The number of halogens is 2. The van der Waals surface area contributed by atoms with E-state index in [1.807, 2.05) is 0 Å². The summed E-state index contributed by atoms with van der Waals surface area (Å²) in [4.78, 5) is 0. The van der Waals surface area contributed by atoms with Crippen molar-refractivity contribution in [2.75, 3.05) is 0 Å². The molecule has 1 aromatic rings. The van der Waals surface area contributed by atoms with Crippen LogP contribution in [-0.4, -0.2) is 15.8 Å². The highest BCUT2D eigenvalue weighted by Crippen LogP contribution is 2.42. The molecule has 1 saturated carbocycles. The normalized spacial score (nSPS) is 17.8. The molecule has 3 nitrogen and oxygen atoms in total. The second-order valence-electron chi connectivity index (χ2n) is 4.06. The minimum atomic E-state index is -0.554. The van der Waals surface area contributed by atoms with E-state index in [9.17, 15) is 14.6 Å². The maximum absolute atomic E-state index is 13.6. The number of rotatable bonds is 2. The van der Waals surface area contributed by atoms with Gasteiger partial charge in [0.15, 0.2) is 11.5 Å². The Morgan fingerprint density at radius 2 is 2.07 bits per heavy atom. The van der Waals surface area contributed by atoms with Crippen LogP contribution in [0, 0.1) is 5.82 Å². The summed E-state index contributed by atoms with van der Waals surface area (Å²) >= 11 is 2.97. The van der Waals surface area contributed by atoms with E-state index in [1.54, 1.807) is 0 Å². The summed E-state index contributed by atoms with van der Waals surface area (Å²) in [5.41, 5.74) is 5.52. The van der Waals surface area contributed by atoms with Crippen molar-refractivity contribution in [1.82, 2.24) is 0 Å². The molecular formula is C10H11BrFNO2. The molecule has 1 aliphatic carbocycles. The molecule has 0 radical (unpaired) electrons. The van der Waals surface area contributed by atoms with Crippen molar-refractivity contribution in [2.45, 2.75) is 24.8 Å². The number of hydrogen-bond acceptors (Lipinski definition) is 3. The van der Waals surface area contributed by atoms with Gasteiger partial charge in [0.2, 0.25) is 0 Å². The van der Waals surface area contributed by atoms with Crippen LogP contribution in [0.4, 0.5) is 4.39 Å². The molecule has 0 aromatic heterocycles. The fourth-order valence-electron chi connectivity index (χ4n) is 1.51. The van der Waals surface area contributed by atoms with E-state index < -0.39 is 17.1 Å². The first-order valence-corrected chi connectivity index (χ1v) is 5.40. The number of phenolic OH excluding ortho intramolecular Hbond substituents is 2. The van der Waals surface area contributed by atoms with Gasteiger partial charge in [0, 0.05) is 17.2 Å². The molecule has 0 amide bonds. The first kappa shape index (κ1) is 10.7. The Bertz CT molecular complexity index is 392. The Hall–Kier alpha value is -0.810. The van der Waals surface area contributed by atoms with E-state index >= 15 is 0 Å². The lowest BCUT2D eigenvalue weighted by Crippen LogP contribution is -2.25. The maximum Gasteiger partial charge on any atom is 0.163 e. The van der Waals surface area contributed by atoms with Crippen molar-refractivity contribution in [3.05, 3.63) is 21.9 Å². The van der Waals surface area contributed by atoms with Crippen molar-refractivity contribution < 1.29 is 14.6 Å². The zero-order valence-corrected chi connectivity index (χ0v) is 9.51. The fourth-order valence-corrected chi connectivity index (χ4v) is 1.96. The van der Waals surface area contributed by atoms with Gasteiger partial charge in [-0.2, -0.15) is 0 Å². The second-order valence-corrected chi connectivity index (χ2v) is 4.91. The molecule has 15 heavy (non-hydrogen) atoms. The molecule has 0 unspecified atom stereocenters. The first-order chi connectivity index (χ1) is 6.93. The molecule has 2 rings (SSSR count). The van der Waals surface area contributed by atoms with Crippen LogP contribution in [0.5, 0.6) is 11.5 Å². The van der Waals surface area contributed by atoms with Gasteiger partial charge in [-0.1, -0.05) is 0 Å². The predicted octanol–water partition coefficient (Wildman–Crippen LogP) is 2.03. The largest absolute Gasteiger partial charge is 0.504 e. The predicted molar refractivity (Wildman–Crippen MR) is 57.3 cm³/mol. The Kier molecular flexibility index (Phi) is 2.39. The SMILES string of the molecule is NC1(Cc2c(O)c(O)cc(Br)c2F)CC1. The summed E-state index contributed by atoms with van der Waals surface area (Å²) in [6, 6.07) is 1.13. The smallest absolute Gasteiger partial charge is 0.163 e. The Balaban J connectivity index is 2.44. The third kappa shape index (κ3) is 1.94. The van der Waals surface area contributed by atoms with Crippen LogP contribution in [-0.2, 0) is 6.42 Å². The van der Waals surface area contributed by atoms with E-state index in [1.165, 1.54) is 0 Å². The molecular weight excluding hydrogens is 265 g/mol. The van der Waals surface area contributed by atoms with Gasteiger partial charge in [-0.15, -0.1) is 0 Å². The van der Waals surface area contributed by atoms with Gasteiger partial charge in [-0.25, -0.2) is 4.39 Å². The monoisotopic (exact) mass is 275 g/mol. The number of hydrogen-bond donors (Lipinski definition) is 3. The lowest BCUT2D eigenvalue weighted by atomic mass is 10.0. The Morgan fingerprint density at radius 1 is 1.47 bits per heavy atom. The second kappa shape index (κ2) is 3.35. The van der Waals surface area contributed by atoms with Gasteiger partial charge in [-0.3, -0.25) is 0 Å². The average Bonchev–Trinajstić information content (AvgIpc) is 2.89. The van der Waals surface area contributed by atoms with Crippen LogP contribution in [0.15, 0.2) is 10.5 Å². The highest BCUT2D eigenvalue weighted by molar-refractivity contribution is 9.10. The topological polar surface area (TPSA) is 66.5 Å². The summed E-state index contributed by atoms with van der Waals surface area (Å²) in [6.07, 6.45) is 1.88. The standard InChI is InChI=1S/C10H11BrFNO2/c11-6-3-7(14)9(15)5(8(6)12)4-10(13)1-2-10/h3,14-15H,1-2,4,13H2. The highest BCUT2D eigenvalue weighted by Gasteiger charge is 2.40. The van der Waals surface area contributed by atoms with E-state index in [4.69, 9.17) is 5.73 Å². The van der Waals surface area contributed by atoms with Crippen LogP contribution in [0.3, 0.4) is 0 Å². The minimum absolute atomic E-state index is 0.0851. The van der Waals surface area contributed by atoms with Gasteiger partial charge in [0.05, 0.1) is 4.47 Å². The van der Waals surface area contributed by atoms with Crippen LogP contribution in [0.2, 0.25) is 0 Å². The number of benzene rings is 1. The molecule has 1 aromatic carbocycles. The van der Waals surface area contributed by atoms with E-state index in [-0.39, 0.29) is 22.2 Å². The number of aromatic hydroxyl groups is 2. The maximum atomic E-state index is 13.6. The minimum Gasteiger partial charge on any atom is -0.504 e. The van der Waals surface area contributed by atoms with Gasteiger partial charge in [0.25, 0.3) is 0 Å². The molecule has 0 aliphatic heterocycles. The summed E-state index contributed by atoms with van der Waals surface area (Å²) in [6.45, 7) is 0. The molecule has 0 heterocycles. The lowest BCUT2D eigenvalue weighted by molar-refractivity contribution is 0.390. The molecule has 1 aliphatic rings. The quantitative estimate of drug-likeness (QED) is 0.724. The Morgan fingerprint density at radius 3 is 2.60 bits per heavy atom. The van der Waals surface area contributed by atoms with Crippen molar-refractivity contribution in [2.24, 2.45) is 5.73 Å². The van der Waals surface area contributed by atoms with Crippen LogP contribution in [0.25, 0.3) is 0 Å². The van der Waals surface area contributed by atoms with Crippen LogP contribution in [0.1, 0.15) is 18.4 Å². The van der Waals surface area contributed by atoms with Crippen LogP contribution < -0.4 is 5.73 Å². The van der Waals surface area contributed by atoms with Gasteiger partial charge in [0.1, 0.15) is 5.82 Å². The van der Waals surface area contributed by atoms with Crippen molar-refractivity contribution in [3.8, 4) is 11.5 Å². The van der Waals surface area contributed by atoms with Gasteiger partial charge < -0.3 is 15.9 Å². The third-order valence-corrected chi connectivity index (χ3v) is 3.26. The average molecular weight is 276 g/mol. The number of nitrogens with two attached hydrogens (primary N) is 1. The van der Waals surface area contributed by atoms with E-state index in [2.05, 4.69) is 15.9 Å². The third-order valence-electron chi connectivity index (χ3n) is 2.69. The zero-order chi connectivity index (χ0) is 11.2. The molecule has 1 fully saturated rings. The summed E-state index contributed by atoms with van der Waals surface area (Å²) < 4.78 is 13.8.